The molecule has 4 aliphatic rings. The molecule has 0 bridgehead atoms. The Hall–Kier alpha value is -1.06. The lowest BCUT2D eigenvalue weighted by Crippen LogP contribution is -2.54. The van der Waals surface area contributed by atoms with Gasteiger partial charge in [-0.25, -0.2) is 0 Å². The minimum Gasteiger partial charge on any atom is -0.463 e. The van der Waals surface area contributed by atoms with Gasteiger partial charge >= 0.3 is 11.9 Å². The largest absolute Gasteiger partial charge is 0.463 e. The maximum atomic E-state index is 11.5. The van der Waals surface area contributed by atoms with Crippen molar-refractivity contribution in [1.29, 1.82) is 0 Å². The molecule has 4 aliphatic carbocycles. The quantitative estimate of drug-likeness (QED) is 0.581. The van der Waals surface area contributed by atoms with E-state index in [0.29, 0.717) is 22.7 Å². The van der Waals surface area contributed by atoms with E-state index in [4.69, 9.17) is 9.47 Å². The third kappa shape index (κ3) is 3.53. The molecule has 0 aromatic rings. The van der Waals surface area contributed by atoms with Crippen LogP contribution < -0.4 is 0 Å². The van der Waals surface area contributed by atoms with E-state index in [-0.39, 0.29) is 24.1 Å². The Bertz CT molecular complexity index is 659. The topological polar surface area (TPSA) is 52.6 Å². The zero-order valence-electron chi connectivity index (χ0n) is 19.0. The fraction of sp³-hybridized carbons (Fsp3) is 0.920. The summed E-state index contributed by atoms with van der Waals surface area (Å²) in [7, 11) is 0. The number of carbonyl (C=O) groups excluding carboxylic acids is 2. The summed E-state index contributed by atoms with van der Waals surface area (Å²) in [6, 6.07) is 0. The molecule has 1 unspecified atom stereocenters. The Balaban J connectivity index is 1.50. The van der Waals surface area contributed by atoms with Gasteiger partial charge in [0.05, 0.1) is 0 Å². The molecule has 29 heavy (non-hydrogen) atoms. The lowest BCUT2D eigenvalue weighted by atomic mass is 9.44. The van der Waals surface area contributed by atoms with Crippen LogP contribution in [0.4, 0.5) is 0 Å². The van der Waals surface area contributed by atoms with Gasteiger partial charge in [-0.05, 0) is 99.2 Å². The van der Waals surface area contributed by atoms with Gasteiger partial charge in [-0.15, -0.1) is 0 Å². The second-order valence-electron chi connectivity index (χ2n) is 11.2. The van der Waals surface area contributed by atoms with Crippen LogP contribution in [0.5, 0.6) is 0 Å². The molecule has 0 N–H and O–H groups in total. The molecule has 4 rings (SSSR count). The number of carbonyl (C=O) groups is 2. The van der Waals surface area contributed by atoms with Gasteiger partial charge in [0.15, 0.2) is 0 Å². The van der Waals surface area contributed by atoms with Crippen molar-refractivity contribution in [3.05, 3.63) is 0 Å². The highest BCUT2D eigenvalue weighted by molar-refractivity contribution is 5.66. The van der Waals surface area contributed by atoms with Crippen LogP contribution in [0.15, 0.2) is 0 Å². The van der Waals surface area contributed by atoms with E-state index in [2.05, 4.69) is 20.8 Å². The van der Waals surface area contributed by atoms with E-state index < -0.39 is 0 Å². The van der Waals surface area contributed by atoms with Gasteiger partial charge in [-0.1, -0.05) is 13.8 Å². The number of rotatable bonds is 3. The van der Waals surface area contributed by atoms with Crippen LogP contribution in [0.25, 0.3) is 0 Å². The first kappa shape index (κ1) is 21.2. The summed E-state index contributed by atoms with van der Waals surface area (Å²) >= 11 is 0. The van der Waals surface area contributed by atoms with Crippen molar-refractivity contribution in [2.75, 3.05) is 0 Å². The minimum absolute atomic E-state index is 0.0325. The molecule has 0 aliphatic heterocycles. The van der Waals surface area contributed by atoms with E-state index in [0.717, 1.165) is 30.6 Å². The van der Waals surface area contributed by atoms with Gasteiger partial charge in [0.25, 0.3) is 0 Å². The van der Waals surface area contributed by atoms with Crippen molar-refractivity contribution in [1.82, 2.24) is 0 Å². The second-order valence-corrected chi connectivity index (χ2v) is 11.2. The Morgan fingerprint density at radius 2 is 1.55 bits per heavy atom. The predicted molar refractivity (Wildman–Crippen MR) is 112 cm³/mol. The number of ether oxygens (including phenoxy) is 2. The molecule has 9 atom stereocenters. The first-order valence-electron chi connectivity index (χ1n) is 12.0. The summed E-state index contributed by atoms with van der Waals surface area (Å²) in [6.45, 7) is 10.2. The molecule has 0 heterocycles. The summed E-state index contributed by atoms with van der Waals surface area (Å²) in [5, 5.41) is 0. The van der Waals surface area contributed by atoms with Crippen LogP contribution in [-0.2, 0) is 19.1 Å². The van der Waals surface area contributed by atoms with Crippen molar-refractivity contribution in [2.45, 2.75) is 105 Å². The molecular weight excluding hydrogens is 364 g/mol. The summed E-state index contributed by atoms with van der Waals surface area (Å²) in [5.41, 5.74) is 0.717. The van der Waals surface area contributed by atoms with E-state index >= 15 is 0 Å². The fourth-order valence-electron chi connectivity index (χ4n) is 8.72. The van der Waals surface area contributed by atoms with Crippen molar-refractivity contribution < 1.29 is 19.1 Å². The first-order chi connectivity index (χ1) is 13.6. The number of esters is 2. The average Bonchev–Trinajstić information content (AvgIpc) is 2.98. The molecule has 0 radical (unpaired) electrons. The van der Waals surface area contributed by atoms with Crippen LogP contribution in [0.3, 0.4) is 0 Å². The van der Waals surface area contributed by atoms with Gasteiger partial charge in [-0.2, -0.15) is 0 Å². The van der Waals surface area contributed by atoms with Crippen LogP contribution in [0.2, 0.25) is 0 Å². The molecule has 164 valence electrons. The van der Waals surface area contributed by atoms with E-state index in [1.807, 2.05) is 0 Å². The van der Waals surface area contributed by atoms with E-state index in [1.54, 1.807) is 6.92 Å². The molecule has 0 aromatic heterocycles. The highest BCUT2D eigenvalue weighted by atomic mass is 16.5. The van der Waals surface area contributed by atoms with Crippen molar-refractivity contribution in [3.8, 4) is 0 Å². The molecule has 4 fully saturated rings. The number of hydrogen-bond acceptors (Lipinski definition) is 4. The summed E-state index contributed by atoms with van der Waals surface area (Å²) in [6.07, 6.45) is 11.2. The van der Waals surface area contributed by atoms with Gasteiger partial charge in [0.1, 0.15) is 12.2 Å². The zero-order valence-corrected chi connectivity index (χ0v) is 19.0. The van der Waals surface area contributed by atoms with Crippen molar-refractivity contribution in [3.63, 3.8) is 0 Å². The molecule has 0 spiro atoms. The molecule has 0 saturated heterocycles. The fourth-order valence-corrected chi connectivity index (χ4v) is 8.72. The highest BCUT2D eigenvalue weighted by Crippen LogP contribution is 2.68. The van der Waals surface area contributed by atoms with Crippen LogP contribution in [-0.4, -0.2) is 24.1 Å². The smallest absolute Gasteiger partial charge is 0.302 e. The van der Waals surface area contributed by atoms with Crippen LogP contribution in [0.1, 0.15) is 92.4 Å². The minimum atomic E-state index is -0.143. The monoisotopic (exact) mass is 404 g/mol. The Kier molecular flexibility index (Phi) is 5.53. The summed E-state index contributed by atoms with van der Waals surface area (Å²) < 4.78 is 11.3. The highest BCUT2D eigenvalue weighted by Gasteiger charge is 2.61. The number of fused-ring (bicyclic) bond motifs is 5. The second kappa shape index (κ2) is 7.57. The van der Waals surface area contributed by atoms with Gasteiger partial charge in [-0.3, -0.25) is 9.59 Å². The lowest BCUT2D eigenvalue weighted by molar-refractivity contribution is -0.164. The third-order valence-corrected chi connectivity index (χ3v) is 9.94. The van der Waals surface area contributed by atoms with Crippen LogP contribution in [0, 0.1) is 40.4 Å². The van der Waals surface area contributed by atoms with Crippen molar-refractivity contribution >= 4 is 11.9 Å². The average molecular weight is 405 g/mol. The molecule has 0 amide bonds. The maximum absolute atomic E-state index is 11.5. The van der Waals surface area contributed by atoms with Crippen LogP contribution >= 0.6 is 0 Å². The SMILES string of the molecule is CC(=O)OC(C)[C@H]1CC[C@H]2[C@@H]3CC[C@@H]4C[C@H](OC(C)=O)CC[C@]4(C)[C@H]3CC[C@]12C. The molecule has 4 nitrogen and oxygen atoms in total. The molecule has 4 saturated carbocycles. The Morgan fingerprint density at radius 3 is 2.24 bits per heavy atom. The zero-order chi connectivity index (χ0) is 21.0. The summed E-state index contributed by atoms with van der Waals surface area (Å²) in [5.74, 6) is 3.32. The molecule has 4 heteroatoms. The first-order valence-corrected chi connectivity index (χ1v) is 12.0. The Labute approximate surface area is 176 Å². The number of hydrogen-bond donors (Lipinski definition) is 0. The van der Waals surface area contributed by atoms with Gasteiger partial charge in [0.2, 0.25) is 0 Å². The normalized spacial score (nSPS) is 47.3. The van der Waals surface area contributed by atoms with E-state index in [1.165, 1.54) is 51.9 Å². The predicted octanol–water partition coefficient (Wildman–Crippen LogP) is 5.53. The lowest BCUT2D eigenvalue weighted by Gasteiger charge is -2.61. The standard InChI is InChI=1S/C25H40O4/c1-15(28-16(2)26)21-8-9-22-20-7-6-18-14-19(29-17(3)27)10-12-24(18,4)23(20)11-13-25(21,22)5/h15,18-23H,6-14H2,1-5H3/t15?,18-,19-,20+,21-,22+,23+,24+,25-/m1/s1. The van der Waals surface area contributed by atoms with E-state index in [9.17, 15) is 9.59 Å². The maximum Gasteiger partial charge on any atom is 0.302 e. The molecular formula is C25H40O4. The molecule has 0 aromatic carbocycles. The van der Waals surface area contributed by atoms with Crippen molar-refractivity contribution in [2.24, 2.45) is 40.4 Å². The Morgan fingerprint density at radius 1 is 0.862 bits per heavy atom. The summed E-state index contributed by atoms with van der Waals surface area (Å²) in [4.78, 5) is 23.0. The van der Waals surface area contributed by atoms with Gasteiger partial charge in [0, 0.05) is 19.8 Å². The third-order valence-electron chi connectivity index (χ3n) is 9.94. The van der Waals surface area contributed by atoms with Gasteiger partial charge < -0.3 is 9.47 Å².